The van der Waals surface area contributed by atoms with Gasteiger partial charge in [-0.05, 0) is 6.42 Å². The number of unbranched alkanes of at least 4 members (excludes halogenated alkanes) is 1. The van der Waals surface area contributed by atoms with Gasteiger partial charge in [0.05, 0.1) is 0 Å². The lowest BCUT2D eigenvalue weighted by Crippen LogP contribution is -2.09. The molecule has 0 N–H and O–H groups in total. The first kappa shape index (κ1) is 11.1. The number of halogens is 2. The summed E-state index contributed by atoms with van der Waals surface area (Å²) in [5.74, 6) is -0.224. The highest BCUT2D eigenvalue weighted by Crippen LogP contribution is 2.03. The molecule has 0 saturated heterocycles. The topological polar surface area (TPSA) is 26.3 Å². The van der Waals surface area contributed by atoms with Crippen molar-refractivity contribution in [3.63, 3.8) is 0 Å². The van der Waals surface area contributed by atoms with Gasteiger partial charge >= 0.3 is 5.97 Å². The minimum absolute atomic E-state index is 0.0889. The van der Waals surface area contributed by atoms with E-state index in [1.54, 1.807) is 0 Å². The first-order valence-corrected chi connectivity index (χ1v) is 4.48. The summed E-state index contributed by atoms with van der Waals surface area (Å²) in [6, 6.07) is 0. The molecule has 0 amide bonds. The first-order valence-electron chi connectivity index (χ1n) is 3.60. The van der Waals surface area contributed by atoms with Crippen LogP contribution in [0, 0.1) is 0 Å². The summed E-state index contributed by atoms with van der Waals surface area (Å²) in [5, 5.41) is 0. The van der Waals surface area contributed by atoms with Gasteiger partial charge in [-0.25, -0.2) is 0 Å². The average Bonchev–Trinajstić information content (AvgIpc) is 1.97. The molecule has 0 aromatic heterocycles. The van der Waals surface area contributed by atoms with Crippen molar-refractivity contribution >= 4 is 29.2 Å². The molecule has 0 bridgehead atoms. The number of rotatable bonds is 5. The molecule has 0 aliphatic carbocycles. The van der Waals surface area contributed by atoms with Crippen LogP contribution in [-0.4, -0.2) is 17.4 Å². The van der Waals surface area contributed by atoms with Crippen molar-refractivity contribution in [1.29, 1.82) is 0 Å². The fourth-order valence-electron chi connectivity index (χ4n) is 0.549. The maximum absolute atomic E-state index is 10.8. The lowest BCUT2D eigenvalue weighted by atomic mass is 10.3. The molecular formula is C7H12Cl2O2. The van der Waals surface area contributed by atoms with Crippen LogP contribution in [0.2, 0.25) is 0 Å². The van der Waals surface area contributed by atoms with Gasteiger partial charge in [0, 0.05) is 6.42 Å². The van der Waals surface area contributed by atoms with Crippen LogP contribution in [0.3, 0.4) is 0 Å². The second-order valence-electron chi connectivity index (χ2n) is 2.18. The Morgan fingerprint density at radius 1 is 1.55 bits per heavy atom. The van der Waals surface area contributed by atoms with Crippen molar-refractivity contribution in [2.24, 2.45) is 0 Å². The summed E-state index contributed by atoms with van der Waals surface area (Å²) in [6.45, 7) is 2.10. The summed E-state index contributed by atoms with van der Waals surface area (Å²) in [5.41, 5.74) is 0. The fraction of sp³-hybridized carbons (Fsp3) is 0.857. The van der Waals surface area contributed by atoms with E-state index in [-0.39, 0.29) is 12.6 Å². The van der Waals surface area contributed by atoms with Crippen LogP contribution in [-0.2, 0) is 9.53 Å². The van der Waals surface area contributed by atoms with Crippen LogP contribution in [0.5, 0.6) is 0 Å². The summed E-state index contributed by atoms with van der Waals surface area (Å²) in [4.78, 5) is 10.2. The van der Waals surface area contributed by atoms with Crippen LogP contribution in [0.25, 0.3) is 0 Å². The number of hydrogen-bond acceptors (Lipinski definition) is 2. The van der Waals surface area contributed by atoms with Crippen LogP contribution in [0.4, 0.5) is 0 Å². The zero-order valence-corrected chi connectivity index (χ0v) is 7.99. The molecule has 0 radical (unpaired) electrons. The lowest BCUT2D eigenvalue weighted by Gasteiger charge is -2.03. The molecule has 0 unspecified atom stereocenters. The van der Waals surface area contributed by atoms with Gasteiger partial charge in [0.15, 0.2) is 0 Å². The Kier molecular flexibility index (Phi) is 6.77. The Bertz CT molecular complexity index is 115. The second kappa shape index (κ2) is 6.74. The molecule has 0 heterocycles. The van der Waals surface area contributed by atoms with Crippen molar-refractivity contribution in [1.82, 2.24) is 0 Å². The molecule has 0 fully saturated rings. The number of alkyl halides is 2. The van der Waals surface area contributed by atoms with Gasteiger partial charge in [0.1, 0.15) is 11.4 Å². The largest absolute Gasteiger partial charge is 0.463 e. The SMILES string of the molecule is CCCCC(=O)OCC(Cl)Cl. The van der Waals surface area contributed by atoms with E-state index in [1.165, 1.54) is 0 Å². The van der Waals surface area contributed by atoms with E-state index >= 15 is 0 Å². The fourth-order valence-corrected chi connectivity index (χ4v) is 0.675. The third kappa shape index (κ3) is 7.95. The summed E-state index contributed by atoms with van der Waals surface area (Å²) in [6.07, 6.45) is 2.30. The van der Waals surface area contributed by atoms with E-state index in [4.69, 9.17) is 27.9 Å². The summed E-state index contributed by atoms with van der Waals surface area (Å²) < 4.78 is 4.70. The third-order valence-electron chi connectivity index (χ3n) is 1.10. The van der Waals surface area contributed by atoms with E-state index < -0.39 is 4.84 Å². The third-order valence-corrected chi connectivity index (χ3v) is 1.36. The van der Waals surface area contributed by atoms with Gasteiger partial charge in [-0.2, -0.15) is 0 Å². The van der Waals surface area contributed by atoms with Gasteiger partial charge in [-0.1, -0.05) is 13.3 Å². The minimum atomic E-state index is -0.611. The molecule has 0 atom stereocenters. The zero-order valence-electron chi connectivity index (χ0n) is 6.48. The molecule has 4 heteroatoms. The first-order chi connectivity index (χ1) is 5.16. The molecule has 0 aromatic carbocycles. The zero-order chi connectivity index (χ0) is 8.69. The van der Waals surface area contributed by atoms with E-state index in [2.05, 4.69) is 0 Å². The van der Waals surface area contributed by atoms with E-state index in [1.807, 2.05) is 6.92 Å². The maximum Gasteiger partial charge on any atom is 0.305 e. The number of ether oxygens (including phenoxy) is 1. The van der Waals surface area contributed by atoms with E-state index in [9.17, 15) is 4.79 Å². The van der Waals surface area contributed by atoms with Crippen LogP contribution >= 0.6 is 23.2 Å². The molecule has 2 nitrogen and oxygen atoms in total. The molecular weight excluding hydrogens is 187 g/mol. The summed E-state index contributed by atoms with van der Waals surface area (Å²) in [7, 11) is 0. The van der Waals surface area contributed by atoms with Crippen molar-refractivity contribution in [3.8, 4) is 0 Å². The van der Waals surface area contributed by atoms with Gasteiger partial charge < -0.3 is 4.74 Å². The molecule has 0 aromatic rings. The molecule has 0 rings (SSSR count). The van der Waals surface area contributed by atoms with Crippen molar-refractivity contribution in [3.05, 3.63) is 0 Å². The van der Waals surface area contributed by atoms with Crippen molar-refractivity contribution < 1.29 is 9.53 Å². The van der Waals surface area contributed by atoms with Gasteiger partial charge in [0.2, 0.25) is 0 Å². The second-order valence-corrected chi connectivity index (χ2v) is 3.45. The molecule has 0 aliphatic heterocycles. The predicted octanol–water partition coefficient (Wildman–Crippen LogP) is 2.52. The quantitative estimate of drug-likeness (QED) is 0.502. The molecule has 0 aliphatic rings. The van der Waals surface area contributed by atoms with Crippen molar-refractivity contribution in [2.45, 2.75) is 31.0 Å². The standard InChI is InChI=1S/C7H12Cl2O2/c1-2-3-4-7(10)11-5-6(8)9/h6H,2-5H2,1H3. The number of carbonyl (C=O) groups is 1. The van der Waals surface area contributed by atoms with Gasteiger partial charge in [-0.3, -0.25) is 4.79 Å². The van der Waals surface area contributed by atoms with Crippen molar-refractivity contribution in [2.75, 3.05) is 6.61 Å². The maximum atomic E-state index is 10.8. The molecule has 0 saturated carbocycles. The van der Waals surface area contributed by atoms with Crippen LogP contribution in [0.1, 0.15) is 26.2 Å². The van der Waals surface area contributed by atoms with Crippen LogP contribution in [0.15, 0.2) is 0 Å². The lowest BCUT2D eigenvalue weighted by molar-refractivity contribution is -0.143. The Hall–Kier alpha value is 0.0500. The normalized spacial score (nSPS) is 10.2. The Labute approximate surface area is 76.8 Å². The molecule has 0 spiro atoms. The highest BCUT2D eigenvalue weighted by molar-refractivity contribution is 6.44. The van der Waals surface area contributed by atoms with E-state index in [0.717, 1.165) is 12.8 Å². The number of carbonyl (C=O) groups excluding carboxylic acids is 1. The smallest absolute Gasteiger partial charge is 0.305 e. The Morgan fingerprint density at radius 3 is 2.64 bits per heavy atom. The van der Waals surface area contributed by atoms with Crippen LogP contribution < -0.4 is 0 Å². The Morgan fingerprint density at radius 2 is 2.18 bits per heavy atom. The summed E-state index contributed by atoms with van der Waals surface area (Å²) >= 11 is 10.7. The Balaban J connectivity index is 3.23. The molecule has 11 heavy (non-hydrogen) atoms. The van der Waals surface area contributed by atoms with Gasteiger partial charge in [-0.15, -0.1) is 23.2 Å². The average molecular weight is 199 g/mol. The minimum Gasteiger partial charge on any atom is -0.463 e. The monoisotopic (exact) mass is 198 g/mol. The predicted molar refractivity (Wildman–Crippen MR) is 46.0 cm³/mol. The van der Waals surface area contributed by atoms with E-state index in [0.29, 0.717) is 6.42 Å². The van der Waals surface area contributed by atoms with Gasteiger partial charge in [0.25, 0.3) is 0 Å². The highest BCUT2D eigenvalue weighted by Gasteiger charge is 2.04. The number of hydrogen-bond donors (Lipinski definition) is 0. The number of esters is 1. The molecule has 66 valence electrons. The highest BCUT2D eigenvalue weighted by atomic mass is 35.5.